The maximum Gasteiger partial charge on any atom is 0.224 e. The number of halogens is 1. The van der Waals surface area contributed by atoms with Crippen LogP contribution in [0.2, 0.25) is 0 Å². The summed E-state index contributed by atoms with van der Waals surface area (Å²) in [5.41, 5.74) is 7.44. The monoisotopic (exact) mass is 310 g/mol. The minimum Gasteiger partial charge on any atom is -0.353 e. The number of hydrogen-bond donors (Lipinski definition) is 2. The molecule has 4 heteroatoms. The van der Waals surface area contributed by atoms with E-state index in [-0.39, 0.29) is 41.7 Å². The van der Waals surface area contributed by atoms with Crippen LogP contribution in [-0.4, -0.2) is 11.9 Å². The van der Waals surface area contributed by atoms with Gasteiger partial charge in [-0.05, 0) is 23.8 Å². The van der Waals surface area contributed by atoms with Gasteiger partial charge in [-0.3, -0.25) is 4.79 Å². The molecule has 1 amide bonds. The average molecular weight is 311 g/mol. The predicted molar refractivity (Wildman–Crippen MR) is 89.3 cm³/mol. The van der Waals surface area contributed by atoms with E-state index < -0.39 is 0 Å². The van der Waals surface area contributed by atoms with Crippen LogP contribution in [0, 0.1) is 11.3 Å². The van der Waals surface area contributed by atoms with E-state index in [0.29, 0.717) is 0 Å². The van der Waals surface area contributed by atoms with Gasteiger partial charge in [0.2, 0.25) is 5.91 Å². The van der Waals surface area contributed by atoms with Crippen molar-refractivity contribution < 1.29 is 4.79 Å². The van der Waals surface area contributed by atoms with Crippen LogP contribution in [-0.2, 0) is 4.79 Å². The number of rotatable bonds is 4. The molecule has 0 aliphatic heterocycles. The van der Waals surface area contributed by atoms with Gasteiger partial charge in [0.05, 0.1) is 5.92 Å². The van der Waals surface area contributed by atoms with Crippen LogP contribution < -0.4 is 11.1 Å². The van der Waals surface area contributed by atoms with Crippen LogP contribution in [0.25, 0.3) is 0 Å². The molecule has 3 unspecified atom stereocenters. The molecule has 1 aromatic rings. The Morgan fingerprint density at radius 1 is 1.33 bits per heavy atom. The molecule has 118 valence electrons. The standard InChI is InChI=1S/C17H26N2O.ClH/c1-12(15(18)13-8-5-4-6-9-13)16(20)19-14-10-7-11-17(14,2)3;/h4-6,8-9,12,14-15H,7,10-11,18H2,1-3H3,(H,19,20);1H. The normalized spacial score (nSPS) is 23.0. The van der Waals surface area contributed by atoms with Gasteiger partial charge in [0.15, 0.2) is 0 Å². The summed E-state index contributed by atoms with van der Waals surface area (Å²) in [5, 5.41) is 3.20. The molecule has 3 atom stereocenters. The van der Waals surface area contributed by atoms with Gasteiger partial charge in [0, 0.05) is 12.1 Å². The molecule has 2 rings (SSSR count). The van der Waals surface area contributed by atoms with Crippen LogP contribution >= 0.6 is 12.4 Å². The largest absolute Gasteiger partial charge is 0.353 e. The fraction of sp³-hybridized carbons (Fsp3) is 0.588. The van der Waals surface area contributed by atoms with E-state index in [1.54, 1.807) is 0 Å². The molecule has 0 spiro atoms. The minimum absolute atomic E-state index is 0. The third-order valence-electron chi connectivity index (χ3n) is 4.71. The number of carbonyl (C=O) groups excluding carboxylic acids is 1. The number of hydrogen-bond acceptors (Lipinski definition) is 2. The molecule has 1 saturated carbocycles. The van der Waals surface area contributed by atoms with Gasteiger partial charge < -0.3 is 11.1 Å². The van der Waals surface area contributed by atoms with Gasteiger partial charge in [-0.1, -0.05) is 57.5 Å². The zero-order valence-electron chi connectivity index (χ0n) is 13.1. The Hall–Kier alpha value is -1.06. The Morgan fingerprint density at radius 2 is 1.95 bits per heavy atom. The van der Waals surface area contributed by atoms with Crippen molar-refractivity contribution >= 4 is 18.3 Å². The van der Waals surface area contributed by atoms with Gasteiger partial charge in [-0.25, -0.2) is 0 Å². The van der Waals surface area contributed by atoms with E-state index in [0.717, 1.165) is 12.0 Å². The minimum atomic E-state index is -0.249. The van der Waals surface area contributed by atoms with Crippen molar-refractivity contribution in [3.8, 4) is 0 Å². The number of benzene rings is 1. The zero-order chi connectivity index (χ0) is 14.8. The molecule has 21 heavy (non-hydrogen) atoms. The van der Waals surface area contributed by atoms with E-state index in [1.807, 2.05) is 37.3 Å². The fourth-order valence-electron chi connectivity index (χ4n) is 3.02. The molecule has 0 radical (unpaired) electrons. The summed E-state index contributed by atoms with van der Waals surface area (Å²) in [6.45, 7) is 6.37. The first kappa shape index (κ1) is 18.0. The molecule has 0 bridgehead atoms. The van der Waals surface area contributed by atoms with Crippen molar-refractivity contribution in [2.24, 2.45) is 17.1 Å². The predicted octanol–water partition coefficient (Wildman–Crippen LogP) is 3.44. The number of carbonyl (C=O) groups is 1. The van der Waals surface area contributed by atoms with Crippen molar-refractivity contribution in [1.29, 1.82) is 0 Å². The third-order valence-corrected chi connectivity index (χ3v) is 4.71. The first-order valence-electron chi connectivity index (χ1n) is 7.53. The maximum atomic E-state index is 12.4. The summed E-state index contributed by atoms with van der Waals surface area (Å²) in [6.07, 6.45) is 3.44. The molecule has 1 fully saturated rings. The Morgan fingerprint density at radius 3 is 2.48 bits per heavy atom. The molecular formula is C17H27ClN2O. The van der Waals surface area contributed by atoms with Gasteiger partial charge in [-0.2, -0.15) is 0 Å². The molecule has 3 N–H and O–H groups in total. The van der Waals surface area contributed by atoms with E-state index in [4.69, 9.17) is 5.73 Å². The molecule has 0 aromatic heterocycles. The summed E-state index contributed by atoms with van der Waals surface area (Å²) >= 11 is 0. The average Bonchev–Trinajstić information content (AvgIpc) is 2.77. The number of amides is 1. The Kier molecular flexibility index (Phi) is 6.24. The van der Waals surface area contributed by atoms with Gasteiger partial charge in [-0.15, -0.1) is 12.4 Å². The zero-order valence-corrected chi connectivity index (χ0v) is 14.0. The molecule has 3 nitrogen and oxygen atoms in total. The Balaban J connectivity index is 0.00000220. The molecule has 1 aliphatic carbocycles. The summed E-state index contributed by atoms with van der Waals surface area (Å²) < 4.78 is 0. The lowest BCUT2D eigenvalue weighted by Crippen LogP contribution is -2.45. The topological polar surface area (TPSA) is 55.1 Å². The molecule has 0 saturated heterocycles. The fourth-order valence-corrected chi connectivity index (χ4v) is 3.02. The van der Waals surface area contributed by atoms with Crippen LogP contribution in [0.4, 0.5) is 0 Å². The van der Waals surface area contributed by atoms with Gasteiger partial charge in [0.25, 0.3) is 0 Å². The summed E-state index contributed by atoms with van der Waals surface area (Å²) in [7, 11) is 0. The Labute approximate surface area is 134 Å². The van der Waals surface area contributed by atoms with Crippen molar-refractivity contribution in [2.45, 2.75) is 52.1 Å². The van der Waals surface area contributed by atoms with E-state index >= 15 is 0 Å². The van der Waals surface area contributed by atoms with Crippen molar-refractivity contribution in [3.63, 3.8) is 0 Å². The van der Waals surface area contributed by atoms with Crippen LogP contribution in [0.5, 0.6) is 0 Å². The van der Waals surface area contributed by atoms with Crippen LogP contribution in [0.1, 0.15) is 51.6 Å². The third kappa shape index (κ3) is 4.21. The molecule has 1 aromatic carbocycles. The lowest BCUT2D eigenvalue weighted by molar-refractivity contribution is -0.126. The Bertz CT molecular complexity index is 461. The SMILES string of the molecule is CC(C(=O)NC1CCCC1(C)C)C(N)c1ccccc1.Cl. The first-order chi connectivity index (χ1) is 9.42. The van der Waals surface area contributed by atoms with Crippen molar-refractivity contribution in [3.05, 3.63) is 35.9 Å². The summed E-state index contributed by atoms with van der Waals surface area (Å²) in [5.74, 6) is -0.143. The number of nitrogens with two attached hydrogens (primary N) is 1. The number of nitrogens with one attached hydrogen (secondary N) is 1. The second-order valence-corrected chi connectivity index (χ2v) is 6.67. The molecule has 0 heterocycles. The van der Waals surface area contributed by atoms with Crippen molar-refractivity contribution in [1.82, 2.24) is 5.32 Å². The van der Waals surface area contributed by atoms with E-state index in [9.17, 15) is 4.79 Å². The quantitative estimate of drug-likeness (QED) is 0.895. The van der Waals surface area contributed by atoms with Gasteiger partial charge >= 0.3 is 0 Å². The highest BCUT2D eigenvalue weighted by Crippen LogP contribution is 2.37. The van der Waals surface area contributed by atoms with Crippen LogP contribution in [0.15, 0.2) is 30.3 Å². The highest BCUT2D eigenvalue weighted by atomic mass is 35.5. The highest BCUT2D eigenvalue weighted by molar-refractivity contribution is 5.85. The van der Waals surface area contributed by atoms with E-state index in [2.05, 4.69) is 19.2 Å². The lowest BCUT2D eigenvalue weighted by atomic mass is 9.86. The first-order valence-corrected chi connectivity index (χ1v) is 7.53. The van der Waals surface area contributed by atoms with E-state index in [1.165, 1.54) is 12.8 Å². The second-order valence-electron chi connectivity index (χ2n) is 6.67. The smallest absolute Gasteiger partial charge is 0.224 e. The molecular weight excluding hydrogens is 284 g/mol. The second kappa shape index (κ2) is 7.28. The van der Waals surface area contributed by atoms with Crippen LogP contribution in [0.3, 0.4) is 0 Å². The highest BCUT2D eigenvalue weighted by Gasteiger charge is 2.36. The summed E-state index contributed by atoms with van der Waals surface area (Å²) in [6, 6.07) is 9.87. The van der Waals surface area contributed by atoms with Gasteiger partial charge in [0.1, 0.15) is 0 Å². The summed E-state index contributed by atoms with van der Waals surface area (Å²) in [4.78, 5) is 12.4. The molecule has 1 aliphatic rings. The van der Waals surface area contributed by atoms with Crippen molar-refractivity contribution in [2.75, 3.05) is 0 Å². The maximum absolute atomic E-state index is 12.4. The lowest BCUT2D eigenvalue weighted by Gasteiger charge is -2.30.